The van der Waals surface area contributed by atoms with Gasteiger partial charge in [-0.1, -0.05) is 38.2 Å². The third-order valence-corrected chi connectivity index (χ3v) is 7.27. The van der Waals surface area contributed by atoms with Crippen LogP contribution in [0.25, 0.3) is 10.2 Å². The number of methoxy groups -OCH3 is 2. The van der Waals surface area contributed by atoms with Crippen LogP contribution in [0.5, 0.6) is 11.5 Å². The molecule has 1 amide bonds. The van der Waals surface area contributed by atoms with E-state index in [9.17, 15) is 4.79 Å². The lowest BCUT2D eigenvalue weighted by atomic mass is 10.2. The molecular weight excluding hydrogens is 478 g/mol. The number of hydrogen-bond acceptors (Lipinski definition) is 7. The van der Waals surface area contributed by atoms with E-state index < -0.39 is 0 Å². The summed E-state index contributed by atoms with van der Waals surface area (Å²) in [5.74, 6) is 2.30. The van der Waals surface area contributed by atoms with Gasteiger partial charge in [0.05, 0.1) is 14.2 Å². The molecule has 6 nitrogen and oxygen atoms in total. The summed E-state index contributed by atoms with van der Waals surface area (Å²) in [5.41, 5.74) is 1.38. The molecule has 1 heterocycles. The Morgan fingerprint density at radius 1 is 1.03 bits per heavy atom. The number of thioether (sulfide) groups is 1. The van der Waals surface area contributed by atoms with E-state index in [1.54, 1.807) is 30.9 Å². The van der Waals surface area contributed by atoms with Crippen molar-refractivity contribution < 1.29 is 14.3 Å². The fraction of sp³-hybridized carbons (Fsp3) is 0.417. The summed E-state index contributed by atoms with van der Waals surface area (Å²) >= 11 is 3.18. The minimum absolute atomic E-state index is 0. The first-order chi connectivity index (χ1) is 15.6. The molecule has 0 spiro atoms. The van der Waals surface area contributed by atoms with Crippen molar-refractivity contribution in [1.82, 2.24) is 9.88 Å². The van der Waals surface area contributed by atoms with E-state index in [4.69, 9.17) is 14.5 Å². The Balaban J connectivity index is 0.00000385. The van der Waals surface area contributed by atoms with Crippen molar-refractivity contribution in [3.63, 3.8) is 0 Å². The van der Waals surface area contributed by atoms with Crippen molar-refractivity contribution >= 4 is 56.8 Å². The number of halogens is 1. The van der Waals surface area contributed by atoms with Crippen molar-refractivity contribution in [2.24, 2.45) is 0 Å². The van der Waals surface area contributed by atoms with E-state index in [1.807, 2.05) is 36.4 Å². The number of carbonyl (C=O) groups excluding carboxylic acids is 1. The Kier molecular flexibility index (Phi) is 10.8. The first kappa shape index (κ1) is 27.2. The average molecular weight is 510 g/mol. The van der Waals surface area contributed by atoms with Crippen molar-refractivity contribution in [2.75, 3.05) is 51.1 Å². The fourth-order valence-electron chi connectivity index (χ4n) is 3.50. The number of carbonyl (C=O) groups is 1. The van der Waals surface area contributed by atoms with Gasteiger partial charge in [-0.25, -0.2) is 4.98 Å². The van der Waals surface area contributed by atoms with Crippen LogP contribution in [0.3, 0.4) is 0 Å². The summed E-state index contributed by atoms with van der Waals surface area (Å²) < 4.78 is 11.9. The van der Waals surface area contributed by atoms with Crippen LogP contribution in [-0.2, 0) is 0 Å². The van der Waals surface area contributed by atoms with Crippen molar-refractivity contribution in [1.29, 1.82) is 0 Å². The Morgan fingerprint density at radius 3 is 2.36 bits per heavy atom. The van der Waals surface area contributed by atoms with Gasteiger partial charge in [-0.3, -0.25) is 9.69 Å². The number of fused-ring (bicyclic) bond motifs is 1. The molecule has 3 rings (SSSR count). The first-order valence-electron chi connectivity index (χ1n) is 10.8. The number of thiazole rings is 1. The molecule has 0 N–H and O–H groups in total. The second kappa shape index (κ2) is 13.0. The molecule has 180 valence electrons. The molecule has 0 fully saturated rings. The Bertz CT molecular complexity index is 1020. The van der Waals surface area contributed by atoms with Crippen LogP contribution < -0.4 is 14.4 Å². The number of nitrogens with zero attached hydrogens (tertiary/aromatic N) is 3. The van der Waals surface area contributed by atoms with Gasteiger partial charge in [0.15, 0.2) is 5.13 Å². The van der Waals surface area contributed by atoms with Crippen LogP contribution in [0.2, 0.25) is 0 Å². The molecule has 2 aromatic carbocycles. The third kappa shape index (κ3) is 6.32. The molecule has 1 aromatic heterocycles. The second-order valence-corrected chi connectivity index (χ2v) is 9.40. The average Bonchev–Trinajstić information content (AvgIpc) is 3.26. The highest BCUT2D eigenvalue weighted by atomic mass is 35.5. The zero-order valence-electron chi connectivity index (χ0n) is 19.8. The molecule has 0 saturated carbocycles. The molecule has 0 radical (unpaired) electrons. The molecule has 0 aliphatic carbocycles. The minimum Gasteiger partial charge on any atom is -0.495 e. The molecule has 0 bridgehead atoms. The van der Waals surface area contributed by atoms with Gasteiger partial charge in [-0.15, -0.1) is 24.2 Å². The maximum Gasteiger partial charge on any atom is 0.260 e. The standard InChI is InChI=1S/C24H31N3O3S2.ClH/c1-6-26(7-2)14-15-27(23(28)17-10-9-11-18(16-17)31-8-3)24-25-21-19(29-4)12-13-20(30-5)22(21)32-24;/h9-13,16H,6-8,14-15H2,1-5H3;1H. The van der Waals surface area contributed by atoms with Gasteiger partial charge in [0.1, 0.15) is 21.7 Å². The van der Waals surface area contributed by atoms with Crippen LogP contribution >= 0.6 is 35.5 Å². The maximum absolute atomic E-state index is 13.7. The number of rotatable bonds is 11. The molecule has 0 atom stereocenters. The number of likely N-dealkylation sites (N-methyl/N-ethyl adjacent to an activating group) is 1. The molecule has 0 saturated heterocycles. The molecule has 0 unspecified atom stereocenters. The predicted molar refractivity (Wildman–Crippen MR) is 142 cm³/mol. The summed E-state index contributed by atoms with van der Waals surface area (Å²) in [7, 11) is 3.27. The van der Waals surface area contributed by atoms with E-state index in [0.29, 0.717) is 28.5 Å². The van der Waals surface area contributed by atoms with Gasteiger partial charge in [0.25, 0.3) is 5.91 Å². The SMILES string of the molecule is CCSc1cccc(C(=O)N(CCN(CC)CC)c2nc3c(OC)ccc(OC)c3s2)c1.Cl. The monoisotopic (exact) mass is 509 g/mol. The first-order valence-corrected chi connectivity index (χ1v) is 12.6. The summed E-state index contributed by atoms with van der Waals surface area (Å²) in [6.45, 7) is 9.56. The number of anilines is 1. The number of amides is 1. The van der Waals surface area contributed by atoms with Gasteiger partial charge < -0.3 is 14.4 Å². The van der Waals surface area contributed by atoms with Crippen LogP contribution in [-0.4, -0.2) is 61.9 Å². The largest absolute Gasteiger partial charge is 0.495 e. The van der Waals surface area contributed by atoms with Gasteiger partial charge in [-0.2, -0.15) is 0 Å². The zero-order chi connectivity index (χ0) is 23.1. The van der Waals surface area contributed by atoms with Gasteiger partial charge >= 0.3 is 0 Å². The highest BCUT2D eigenvalue weighted by Gasteiger charge is 2.24. The van der Waals surface area contributed by atoms with Crippen LogP contribution in [0.15, 0.2) is 41.3 Å². The normalized spacial score (nSPS) is 10.8. The number of hydrogen-bond donors (Lipinski definition) is 0. The molecule has 0 aliphatic heterocycles. The van der Waals surface area contributed by atoms with Crippen LogP contribution in [0.1, 0.15) is 31.1 Å². The van der Waals surface area contributed by atoms with E-state index in [0.717, 1.165) is 40.7 Å². The smallest absolute Gasteiger partial charge is 0.260 e. The number of aromatic nitrogens is 1. The third-order valence-electron chi connectivity index (χ3n) is 5.30. The molecular formula is C24H32ClN3O3S2. The van der Waals surface area contributed by atoms with E-state index in [2.05, 4.69) is 25.7 Å². The summed E-state index contributed by atoms with van der Waals surface area (Å²) in [5, 5.41) is 0.647. The number of ether oxygens (including phenoxy) is 2. The lowest BCUT2D eigenvalue weighted by molar-refractivity contribution is 0.0983. The summed E-state index contributed by atoms with van der Waals surface area (Å²) in [4.78, 5) is 23.7. The Morgan fingerprint density at radius 2 is 1.73 bits per heavy atom. The van der Waals surface area contributed by atoms with Crippen molar-refractivity contribution in [3.05, 3.63) is 42.0 Å². The molecule has 33 heavy (non-hydrogen) atoms. The highest BCUT2D eigenvalue weighted by molar-refractivity contribution is 7.99. The lowest BCUT2D eigenvalue weighted by Gasteiger charge is -2.25. The van der Waals surface area contributed by atoms with Crippen LogP contribution in [0.4, 0.5) is 5.13 Å². The molecule has 3 aromatic rings. The molecule has 9 heteroatoms. The fourth-order valence-corrected chi connectivity index (χ4v) is 5.31. The summed E-state index contributed by atoms with van der Waals surface area (Å²) in [6.07, 6.45) is 0. The number of benzene rings is 2. The zero-order valence-corrected chi connectivity index (χ0v) is 22.2. The van der Waals surface area contributed by atoms with Crippen molar-refractivity contribution in [2.45, 2.75) is 25.7 Å². The maximum atomic E-state index is 13.7. The Hall–Kier alpha value is -2.00. The second-order valence-electron chi connectivity index (χ2n) is 7.09. The van der Waals surface area contributed by atoms with Gasteiger partial charge in [0, 0.05) is 23.5 Å². The summed E-state index contributed by atoms with van der Waals surface area (Å²) in [6, 6.07) is 11.5. The van der Waals surface area contributed by atoms with E-state index in [-0.39, 0.29) is 18.3 Å². The quantitative estimate of drug-likeness (QED) is 0.303. The van der Waals surface area contributed by atoms with E-state index >= 15 is 0 Å². The predicted octanol–water partition coefficient (Wildman–Crippen LogP) is 5.84. The lowest BCUT2D eigenvalue weighted by Crippen LogP contribution is -2.38. The van der Waals surface area contributed by atoms with Crippen molar-refractivity contribution in [3.8, 4) is 11.5 Å². The highest BCUT2D eigenvalue weighted by Crippen LogP contribution is 2.40. The van der Waals surface area contributed by atoms with Crippen LogP contribution in [0, 0.1) is 0 Å². The van der Waals surface area contributed by atoms with E-state index in [1.165, 1.54) is 11.3 Å². The van der Waals surface area contributed by atoms with Gasteiger partial charge in [0.2, 0.25) is 0 Å². The van der Waals surface area contributed by atoms with Gasteiger partial charge in [-0.05, 0) is 49.2 Å². The Labute approximate surface area is 210 Å². The molecule has 0 aliphatic rings. The minimum atomic E-state index is -0.0484. The topological polar surface area (TPSA) is 54.9 Å².